The van der Waals surface area contributed by atoms with Gasteiger partial charge in [-0.2, -0.15) is 4.98 Å². The third-order valence-electron chi connectivity index (χ3n) is 3.76. The molecule has 0 radical (unpaired) electrons. The van der Waals surface area contributed by atoms with Crippen LogP contribution >= 0.6 is 0 Å². The van der Waals surface area contributed by atoms with Gasteiger partial charge in [-0.25, -0.2) is 0 Å². The van der Waals surface area contributed by atoms with Crippen LogP contribution in [-0.4, -0.2) is 39.3 Å². The molecule has 1 saturated carbocycles. The highest BCUT2D eigenvalue weighted by atomic mass is 16.5. The minimum absolute atomic E-state index is 0.261. The zero-order valence-corrected chi connectivity index (χ0v) is 12.1. The quantitative estimate of drug-likeness (QED) is 0.756. The van der Waals surface area contributed by atoms with Gasteiger partial charge in [0.15, 0.2) is 0 Å². The number of rotatable bonds is 8. The van der Waals surface area contributed by atoms with Gasteiger partial charge in [-0.05, 0) is 32.2 Å². The van der Waals surface area contributed by atoms with Crippen LogP contribution in [0.2, 0.25) is 0 Å². The molecule has 0 amide bonds. The van der Waals surface area contributed by atoms with Crippen molar-refractivity contribution >= 4 is 0 Å². The highest BCUT2D eigenvalue weighted by Crippen LogP contribution is 2.28. The van der Waals surface area contributed by atoms with E-state index in [1.54, 1.807) is 0 Å². The molecule has 0 atom stereocenters. The maximum Gasteiger partial charge on any atom is 0.241 e. The van der Waals surface area contributed by atoms with Crippen LogP contribution in [0, 0.1) is 0 Å². The molecule has 0 bridgehead atoms. The van der Waals surface area contributed by atoms with Crippen molar-refractivity contribution in [3.63, 3.8) is 0 Å². The third kappa shape index (κ3) is 3.89. The Balaban J connectivity index is 1.62. The standard InChI is InChI=1S/C16H21N3O2/c20-11-5-4-10-19(14-8-9-14)12-15-17-16(18-21-15)13-6-2-1-3-7-13/h1-3,6-7,14,20H,4-5,8-12H2. The molecule has 1 fully saturated rings. The Labute approximate surface area is 124 Å². The second kappa shape index (κ2) is 6.83. The van der Waals surface area contributed by atoms with Crippen LogP contribution in [0.15, 0.2) is 34.9 Å². The lowest BCUT2D eigenvalue weighted by molar-refractivity contribution is 0.203. The van der Waals surface area contributed by atoms with Gasteiger partial charge in [0, 0.05) is 18.2 Å². The maximum absolute atomic E-state index is 8.89. The number of aliphatic hydroxyl groups is 1. The van der Waals surface area contributed by atoms with Crippen LogP contribution in [0.4, 0.5) is 0 Å². The smallest absolute Gasteiger partial charge is 0.241 e. The van der Waals surface area contributed by atoms with E-state index < -0.39 is 0 Å². The molecule has 21 heavy (non-hydrogen) atoms. The van der Waals surface area contributed by atoms with E-state index >= 15 is 0 Å². The molecule has 0 saturated heterocycles. The van der Waals surface area contributed by atoms with Gasteiger partial charge in [-0.3, -0.25) is 4.90 Å². The SMILES string of the molecule is OCCCCN(Cc1nc(-c2ccccc2)no1)C1CC1. The van der Waals surface area contributed by atoms with E-state index in [2.05, 4.69) is 15.0 Å². The highest BCUT2D eigenvalue weighted by Gasteiger charge is 2.29. The summed E-state index contributed by atoms with van der Waals surface area (Å²) in [5.74, 6) is 1.32. The largest absolute Gasteiger partial charge is 0.396 e. The number of aromatic nitrogens is 2. The van der Waals surface area contributed by atoms with Crippen molar-refractivity contribution in [1.82, 2.24) is 15.0 Å². The Morgan fingerprint density at radius 2 is 2.00 bits per heavy atom. The van der Waals surface area contributed by atoms with E-state index in [0.29, 0.717) is 24.3 Å². The first kappa shape index (κ1) is 14.2. The van der Waals surface area contributed by atoms with Gasteiger partial charge in [0.2, 0.25) is 11.7 Å². The molecule has 1 N–H and O–H groups in total. The Morgan fingerprint density at radius 1 is 1.19 bits per heavy atom. The van der Waals surface area contributed by atoms with Crippen LogP contribution in [0.3, 0.4) is 0 Å². The lowest BCUT2D eigenvalue weighted by atomic mass is 10.2. The van der Waals surface area contributed by atoms with E-state index in [4.69, 9.17) is 9.63 Å². The summed E-state index contributed by atoms with van der Waals surface area (Å²) >= 11 is 0. The highest BCUT2D eigenvalue weighted by molar-refractivity contribution is 5.53. The number of aliphatic hydroxyl groups excluding tert-OH is 1. The van der Waals surface area contributed by atoms with Crippen LogP contribution in [0.25, 0.3) is 11.4 Å². The number of nitrogens with zero attached hydrogens (tertiary/aromatic N) is 3. The number of unbranched alkanes of at least 4 members (excludes halogenated alkanes) is 1. The van der Waals surface area contributed by atoms with Crippen molar-refractivity contribution in [2.45, 2.75) is 38.3 Å². The summed E-state index contributed by atoms with van der Waals surface area (Å²) in [4.78, 5) is 6.88. The fourth-order valence-corrected chi connectivity index (χ4v) is 2.45. The molecule has 112 valence electrons. The molecule has 1 aliphatic carbocycles. The van der Waals surface area contributed by atoms with E-state index in [1.165, 1.54) is 12.8 Å². The van der Waals surface area contributed by atoms with Gasteiger partial charge in [0.05, 0.1) is 6.54 Å². The number of benzene rings is 1. The Hall–Kier alpha value is -1.72. The molecule has 0 spiro atoms. The van der Waals surface area contributed by atoms with Crippen LogP contribution in [-0.2, 0) is 6.54 Å². The molecular formula is C16H21N3O2. The minimum atomic E-state index is 0.261. The Kier molecular flexibility index (Phi) is 4.62. The molecule has 1 aromatic heterocycles. The predicted molar refractivity (Wildman–Crippen MR) is 79.5 cm³/mol. The fourth-order valence-electron chi connectivity index (χ4n) is 2.45. The van der Waals surface area contributed by atoms with Crippen LogP contribution in [0.5, 0.6) is 0 Å². The third-order valence-corrected chi connectivity index (χ3v) is 3.76. The van der Waals surface area contributed by atoms with Crippen molar-refractivity contribution in [3.8, 4) is 11.4 Å². The molecule has 2 aromatic rings. The van der Waals surface area contributed by atoms with Gasteiger partial charge in [0.1, 0.15) is 0 Å². The summed E-state index contributed by atoms with van der Waals surface area (Å²) in [5, 5.41) is 13.0. The second-order valence-corrected chi connectivity index (χ2v) is 5.51. The first-order valence-electron chi connectivity index (χ1n) is 7.60. The summed E-state index contributed by atoms with van der Waals surface area (Å²) < 4.78 is 5.38. The van der Waals surface area contributed by atoms with E-state index in [1.807, 2.05) is 30.3 Å². The van der Waals surface area contributed by atoms with Crippen molar-refractivity contribution in [1.29, 1.82) is 0 Å². The molecule has 0 aliphatic heterocycles. The lowest BCUT2D eigenvalue weighted by Gasteiger charge is -2.19. The Morgan fingerprint density at radius 3 is 2.71 bits per heavy atom. The van der Waals surface area contributed by atoms with Gasteiger partial charge < -0.3 is 9.63 Å². The minimum Gasteiger partial charge on any atom is -0.396 e. The molecule has 3 rings (SSSR count). The Bertz CT molecular complexity index is 552. The summed E-state index contributed by atoms with van der Waals surface area (Å²) in [6.45, 7) is 1.95. The van der Waals surface area contributed by atoms with Crippen molar-refractivity contribution in [2.75, 3.05) is 13.2 Å². The van der Waals surface area contributed by atoms with Gasteiger partial charge in [-0.1, -0.05) is 35.5 Å². The molecular weight excluding hydrogens is 266 g/mol. The molecule has 5 nitrogen and oxygen atoms in total. The average Bonchev–Trinajstić information content (AvgIpc) is 3.27. The normalized spacial score (nSPS) is 14.8. The lowest BCUT2D eigenvalue weighted by Crippen LogP contribution is -2.27. The number of hydrogen-bond donors (Lipinski definition) is 1. The summed E-state index contributed by atoms with van der Waals surface area (Å²) in [6.07, 6.45) is 4.35. The van der Waals surface area contributed by atoms with Crippen LogP contribution in [0.1, 0.15) is 31.6 Å². The summed E-state index contributed by atoms with van der Waals surface area (Å²) in [6, 6.07) is 10.5. The molecule has 1 aromatic carbocycles. The zero-order valence-electron chi connectivity index (χ0n) is 12.1. The maximum atomic E-state index is 8.89. The molecule has 0 unspecified atom stereocenters. The van der Waals surface area contributed by atoms with Crippen molar-refractivity contribution in [3.05, 3.63) is 36.2 Å². The molecule has 1 heterocycles. The number of hydrogen-bond acceptors (Lipinski definition) is 5. The van der Waals surface area contributed by atoms with Crippen molar-refractivity contribution < 1.29 is 9.63 Å². The second-order valence-electron chi connectivity index (χ2n) is 5.51. The molecule has 5 heteroatoms. The van der Waals surface area contributed by atoms with E-state index in [9.17, 15) is 0 Å². The van der Waals surface area contributed by atoms with E-state index in [0.717, 1.165) is 24.9 Å². The summed E-state index contributed by atoms with van der Waals surface area (Å²) in [7, 11) is 0. The topological polar surface area (TPSA) is 62.4 Å². The monoisotopic (exact) mass is 287 g/mol. The average molecular weight is 287 g/mol. The van der Waals surface area contributed by atoms with Gasteiger partial charge in [0.25, 0.3) is 0 Å². The first-order chi connectivity index (χ1) is 10.4. The van der Waals surface area contributed by atoms with Crippen LogP contribution < -0.4 is 0 Å². The fraction of sp³-hybridized carbons (Fsp3) is 0.500. The zero-order chi connectivity index (χ0) is 14.5. The van der Waals surface area contributed by atoms with Crippen molar-refractivity contribution in [2.24, 2.45) is 0 Å². The predicted octanol–water partition coefficient (Wildman–Crippen LogP) is 2.47. The van der Waals surface area contributed by atoms with Gasteiger partial charge in [-0.15, -0.1) is 0 Å². The van der Waals surface area contributed by atoms with E-state index in [-0.39, 0.29) is 6.61 Å². The first-order valence-corrected chi connectivity index (χ1v) is 7.60. The van der Waals surface area contributed by atoms with Gasteiger partial charge >= 0.3 is 0 Å². The summed E-state index contributed by atoms with van der Waals surface area (Å²) in [5.41, 5.74) is 0.978. The molecule has 1 aliphatic rings.